The van der Waals surface area contributed by atoms with Gasteiger partial charge in [-0.1, -0.05) is 25.1 Å². The van der Waals surface area contributed by atoms with Crippen molar-refractivity contribution in [3.05, 3.63) is 71.7 Å². The van der Waals surface area contributed by atoms with E-state index in [9.17, 15) is 9.18 Å². The molecule has 1 heterocycles. The number of urea groups is 1. The van der Waals surface area contributed by atoms with Crippen LogP contribution in [-0.2, 0) is 13.0 Å². The van der Waals surface area contributed by atoms with Crippen LogP contribution in [0.2, 0.25) is 0 Å². The number of carbonyl (C=O) groups excluding carboxylic acids is 1. The topological polar surface area (TPSA) is 59.4 Å². The molecular formula is C25H29FN4O2. The first kappa shape index (κ1) is 21.9. The zero-order chi connectivity index (χ0) is 22.7. The van der Waals surface area contributed by atoms with Gasteiger partial charge in [-0.2, -0.15) is 5.10 Å². The number of halogens is 1. The monoisotopic (exact) mass is 436 g/mol. The molecule has 7 heteroatoms. The van der Waals surface area contributed by atoms with Crippen molar-refractivity contribution in [3.63, 3.8) is 0 Å². The number of hydrogen-bond donors (Lipinski definition) is 1. The molecule has 0 radical (unpaired) electrons. The van der Waals surface area contributed by atoms with Crippen molar-refractivity contribution in [2.45, 2.75) is 58.7 Å². The predicted molar refractivity (Wildman–Crippen MR) is 122 cm³/mol. The van der Waals surface area contributed by atoms with Crippen LogP contribution in [0.5, 0.6) is 11.6 Å². The molecule has 32 heavy (non-hydrogen) atoms. The fourth-order valence-corrected chi connectivity index (χ4v) is 3.64. The number of amides is 2. The Bertz CT molecular complexity index is 1060. The predicted octanol–water partition coefficient (Wildman–Crippen LogP) is 5.45. The van der Waals surface area contributed by atoms with E-state index in [0.717, 1.165) is 24.1 Å². The molecule has 2 amide bonds. The van der Waals surface area contributed by atoms with Gasteiger partial charge in [0.2, 0.25) is 5.88 Å². The number of aryl methyl sites for hydroxylation is 1. The molecule has 1 saturated carbocycles. The normalized spacial score (nSPS) is 13.3. The highest BCUT2D eigenvalue weighted by Gasteiger charge is 2.35. The Balaban J connectivity index is 1.77. The summed E-state index contributed by atoms with van der Waals surface area (Å²) >= 11 is 0. The molecule has 4 rings (SSSR count). The number of carbonyl (C=O) groups is 1. The van der Waals surface area contributed by atoms with Gasteiger partial charge in [0.25, 0.3) is 0 Å². The summed E-state index contributed by atoms with van der Waals surface area (Å²) in [5, 5.41) is 7.80. The van der Waals surface area contributed by atoms with Crippen molar-refractivity contribution in [1.82, 2.24) is 20.0 Å². The van der Waals surface area contributed by atoms with Crippen molar-refractivity contribution in [1.29, 1.82) is 0 Å². The second kappa shape index (κ2) is 9.42. The third-order valence-corrected chi connectivity index (χ3v) is 5.37. The van der Waals surface area contributed by atoms with Crippen molar-refractivity contribution in [2.75, 3.05) is 0 Å². The second-order valence-electron chi connectivity index (χ2n) is 8.35. The second-order valence-corrected chi connectivity index (χ2v) is 8.35. The van der Waals surface area contributed by atoms with Gasteiger partial charge in [-0.15, -0.1) is 0 Å². The van der Waals surface area contributed by atoms with Gasteiger partial charge < -0.3 is 15.0 Å². The van der Waals surface area contributed by atoms with E-state index in [0.29, 0.717) is 30.3 Å². The third-order valence-electron chi connectivity index (χ3n) is 5.37. The molecular weight excluding hydrogens is 407 g/mol. The summed E-state index contributed by atoms with van der Waals surface area (Å²) < 4.78 is 21.6. The van der Waals surface area contributed by atoms with Gasteiger partial charge in [0.1, 0.15) is 11.6 Å². The van der Waals surface area contributed by atoms with E-state index < -0.39 is 0 Å². The summed E-state index contributed by atoms with van der Waals surface area (Å²) in [7, 11) is 0. The van der Waals surface area contributed by atoms with E-state index in [1.54, 1.807) is 16.8 Å². The number of aromatic nitrogens is 2. The molecule has 1 aliphatic rings. The third kappa shape index (κ3) is 4.93. The molecule has 3 aromatic rings. The maximum atomic E-state index is 13.5. The van der Waals surface area contributed by atoms with E-state index in [-0.39, 0.29) is 23.9 Å². The molecule has 0 saturated heterocycles. The maximum absolute atomic E-state index is 13.5. The average Bonchev–Trinajstić information content (AvgIpc) is 3.56. The summed E-state index contributed by atoms with van der Waals surface area (Å²) in [6.07, 6.45) is 2.67. The first-order valence-electron chi connectivity index (χ1n) is 11.1. The molecule has 1 aliphatic carbocycles. The quantitative estimate of drug-likeness (QED) is 0.511. The fourth-order valence-electron chi connectivity index (χ4n) is 3.64. The Morgan fingerprint density at radius 1 is 1.19 bits per heavy atom. The molecule has 0 bridgehead atoms. The number of para-hydroxylation sites is 1. The summed E-state index contributed by atoms with van der Waals surface area (Å²) in [4.78, 5) is 14.8. The Kier molecular flexibility index (Phi) is 6.44. The Labute approximate surface area is 188 Å². The smallest absolute Gasteiger partial charge is 0.318 e. The standard InChI is InChI=1S/C25H29FN4O2/c1-4-23-22(16-29(19-14-15-19)25(31)27-17(2)3)24(32-21-8-6-5-7-9-21)30(28-23)20-12-10-18(26)11-13-20/h5-13,17,19H,4,14-16H2,1-3H3,(H,27,31). The minimum absolute atomic E-state index is 0.0522. The molecule has 2 aromatic carbocycles. The molecule has 0 aliphatic heterocycles. The van der Waals surface area contributed by atoms with Gasteiger partial charge >= 0.3 is 6.03 Å². The van der Waals surface area contributed by atoms with Crippen LogP contribution in [0.3, 0.4) is 0 Å². The van der Waals surface area contributed by atoms with Crippen molar-refractivity contribution < 1.29 is 13.9 Å². The minimum Gasteiger partial charge on any atom is -0.439 e. The summed E-state index contributed by atoms with van der Waals surface area (Å²) in [6.45, 7) is 6.34. The van der Waals surface area contributed by atoms with Gasteiger partial charge in [0.05, 0.1) is 23.5 Å². The van der Waals surface area contributed by atoms with E-state index in [2.05, 4.69) is 5.32 Å². The first-order chi connectivity index (χ1) is 15.5. The number of ether oxygens (including phenoxy) is 1. The molecule has 1 aromatic heterocycles. The van der Waals surface area contributed by atoms with Gasteiger partial charge in [-0.3, -0.25) is 0 Å². The van der Waals surface area contributed by atoms with Crippen molar-refractivity contribution in [3.8, 4) is 17.3 Å². The first-order valence-corrected chi connectivity index (χ1v) is 11.1. The van der Waals surface area contributed by atoms with Crippen LogP contribution in [0.4, 0.5) is 9.18 Å². The Morgan fingerprint density at radius 3 is 2.47 bits per heavy atom. The van der Waals surface area contributed by atoms with Gasteiger partial charge in [0, 0.05) is 12.1 Å². The van der Waals surface area contributed by atoms with E-state index >= 15 is 0 Å². The molecule has 6 nitrogen and oxygen atoms in total. The summed E-state index contributed by atoms with van der Waals surface area (Å²) in [6, 6.07) is 15.8. The highest BCUT2D eigenvalue weighted by molar-refractivity contribution is 5.75. The van der Waals surface area contributed by atoms with Crippen LogP contribution in [0.1, 0.15) is 44.9 Å². The summed E-state index contributed by atoms with van der Waals surface area (Å²) in [5.74, 6) is 0.902. The lowest BCUT2D eigenvalue weighted by Crippen LogP contribution is -2.43. The van der Waals surface area contributed by atoms with Crippen molar-refractivity contribution >= 4 is 6.03 Å². The lowest BCUT2D eigenvalue weighted by molar-refractivity contribution is 0.188. The molecule has 1 N–H and O–H groups in total. The molecule has 0 atom stereocenters. The van der Waals surface area contributed by atoms with Gasteiger partial charge in [0.15, 0.2) is 0 Å². The maximum Gasteiger partial charge on any atom is 0.318 e. The zero-order valence-electron chi connectivity index (χ0n) is 18.7. The van der Waals surface area contributed by atoms with Crippen LogP contribution >= 0.6 is 0 Å². The van der Waals surface area contributed by atoms with Gasteiger partial charge in [-0.05, 0) is 69.5 Å². The number of nitrogens with zero attached hydrogens (tertiary/aromatic N) is 3. The van der Waals surface area contributed by atoms with Crippen molar-refractivity contribution in [2.24, 2.45) is 0 Å². The fraction of sp³-hybridized carbons (Fsp3) is 0.360. The SMILES string of the molecule is CCc1nn(-c2ccc(F)cc2)c(Oc2ccccc2)c1CN(C(=O)NC(C)C)C1CC1. The zero-order valence-corrected chi connectivity index (χ0v) is 18.7. The highest BCUT2D eigenvalue weighted by Crippen LogP contribution is 2.35. The number of rotatable bonds is 8. The lowest BCUT2D eigenvalue weighted by Gasteiger charge is -2.24. The van der Waals surface area contributed by atoms with E-state index in [4.69, 9.17) is 9.84 Å². The number of benzene rings is 2. The molecule has 168 valence electrons. The Hall–Kier alpha value is -3.35. The van der Waals surface area contributed by atoms with E-state index in [1.165, 1.54) is 12.1 Å². The van der Waals surface area contributed by atoms with E-state index in [1.807, 2.05) is 56.0 Å². The summed E-state index contributed by atoms with van der Waals surface area (Å²) in [5.41, 5.74) is 2.41. The van der Waals surface area contributed by atoms with Crippen LogP contribution in [0.25, 0.3) is 5.69 Å². The number of hydrogen-bond acceptors (Lipinski definition) is 3. The van der Waals surface area contributed by atoms with Crippen LogP contribution < -0.4 is 10.1 Å². The van der Waals surface area contributed by atoms with Crippen LogP contribution in [-0.4, -0.2) is 32.8 Å². The lowest BCUT2D eigenvalue weighted by atomic mass is 10.2. The molecule has 1 fully saturated rings. The minimum atomic E-state index is -0.312. The largest absolute Gasteiger partial charge is 0.439 e. The Morgan fingerprint density at radius 2 is 1.88 bits per heavy atom. The number of nitrogens with one attached hydrogen (secondary N) is 1. The average molecular weight is 437 g/mol. The highest BCUT2D eigenvalue weighted by atomic mass is 19.1. The molecule has 0 unspecified atom stereocenters. The van der Waals surface area contributed by atoms with Crippen LogP contribution in [0, 0.1) is 5.82 Å². The molecule has 0 spiro atoms. The van der Waals surface area contributed by atoms with Gasteiger partial charge in [-0.25, -0.2) is 13.9 Å². The van der Waals surface area contributed by atoms with Crippen LogP contribution in [0.15, 0.2) is 54.6 Å².